The lowest BCUT2D eigenvalue weighted by molar-refractivity contribution is -0.119. The molecule has 3 N–H and O–H groups in total. The fraction of sp³-hybridized carbons (Fsp3) is 0.304. The Hall–Kier alpha value is -3.46. The summed E-state index contributed by atoms with van der Waals surface area (Å²) in [7, 11) is 1.53. The minimum absolute atomic E-state index is 0.0945. The minimum Gasteiger partial charge on any atom is -0.495 e. The highest BCUT2D eigenvalue weighted by Gasteiger charge is 2.27. The molecule has 0 saturated heterocycles. The van der Waals surface area contributed by atoms with Crippen molar-refractivity contribution >= 4 is 34.1 Å². The highest BCUT2D eigenvalue weighted by atomic mass is 32.1. The Morgan fingerprint density at radius 3 is 2.47 bits per heavy atom. The Morgan fingerprint density at radius 1 is 1.06 bits per heavy atom. The first kappa shape index (κ1) is 23.2. The second-order valence-electron chi connectivity index (χ2n) is 7.43. The van der Waals surface area contributed by atoms with E-state index in [4.69, 9.17) is 4.74 Å². The van der Waals surface area contributed by atoms with Crippen LogP contribution in [0.25, 0.3) is 10.6 Å². The zero-order valence-corrected chi connectivity index (χ0v) is 19.3. The molecule has 9 heteroatoms. The molecule has 0 bridgehead atoms. The number of nitrogens with zero attached hydrogens (tertiary/aromatic N) is 2. The van der Waals surface area contributed by atoms with Gasteiger partial charge in [-0.3, -0.25) is 10.1 Å². The standard InChI is InChI=1S/C23H27N5O3S/c1-5-15(3)19(25-22(30)24-17-8-6-7-9-18(17)31-4)20(29)26-23-28-27-21(32-23)16-12-10-14(2)11-13-16/h6-13,15,19H,5H2,1-4H3,(H2,24,25,30)(H,26,28,29). The molecule has 3 aromatic rings. The van der Waals surface area contributed by atoms with Crippen LogP contribution in [0.15, 0.2) is 48.5 Å². The van der Waals surface area contributed by atoms with Gasteiger partial charge in [-0.2, -0.15) is 0 Å². The third kappa shape index (κ3) is 5.82. The van der Waals surface area contributed by atoms with Gasteiger partial charge in [-0.15, -0.1) is 10.2 Å². The second-order valence-corrected chi connectivity index (χ2v) is 8.41. The van der Waals surface area contributed by atoms with E-state index in [1.165, 1.54) is 18.4 Å². The molecule has 168 valence electrons. The summed E-state index contributed by atoms with van der Waals surface area (Å²) in [5.41, 5.74) is 2.60. The first-order valence-corrected chi connectivity index (χ1v) is 11.1. The predicted molar refractivity (Wildman–Crippen MR) is 127 cm³/mol. The number of ether oxygens (including phenoxy) is 1. The molecule has 3 rings (SSSR count). The summed E-state index contributed by atoms with van der Waals surface area (Å²) < 4.78 is 5.26. The molecular formula is C23H27N5O3S. The van der Waals surface area contributed by atoms with Crippen molar-refractivity contribution in [2.24, 2.45) is 5.92 Å². The van der Waals surface area contributed by atoms with E-state index >= 15 is 0 Å². The predicted octanol–water partition coefficient (Wildman–Crippen LogP) is 4.70. The average Bonchev–Trinajstić information content (AvgIpc) is 3.26. The zero-order valence-electron chi connectivity index (χ0n) is 18.5. The van der Waals surface area contributed by atoms with E-state index in [1.54, 1.807) is 18.2 Å². The normalized spacial score (nSPS) is 12.5. The molecule has 2 atom stereocenters. The van der Waals surface area contributed by atoms with Crippen LogP contribution < -0.4 is 20.7 Å². The van der Waals surface area contributed by atoms with Gasteiger partial charge in [-0.05, 0) is 25.0 Å². The number of methoxy groups -OCH3 is 1. The number of benzene rings is 2. The van der Waals surface area contributed by atoms with Crippen LogP contribution in [0.4, 0.5) is 15.6 Å². The molecule has 0 radical (unpaired) electrons. The fourth-order valence-corrected chi connectivity index (χ4v) is 3.77. The van der Waals surface area contributed by atoms with Crippen molar-refractivity contribution < 1.29 is 14.3 Å². The average molecular weight is 454 g/mol. The van der Waals surface area contributed by atoms with Gasteiger partial charge in [0, 0.05) is 5.56 Å². The molecule has 0 fully saturated rings. The SMILES string of the molecule is CCC(C)C(NC(=O)Nc1ccccc1OC)C(=O)Nc1nnc(-c2ccc(C)cc2)s1. The second kappa shape index (κ2) is 10.7. The number of nitrogens with one attached hydrogen (secondary N) is 3. The largest absolute Gasteiger partial charge is 0.495 e. The van der Waals surface area contributed by atoms with Gasteiger partial charge in [0.25, 0.3) is 0 Å². The van der Waals surface area contributed by atoms with Crippen molar-refractivity contribution in [3.8, 4) is 16.3 Å². The molecule has 0 aliphatic rings. The third-order valence-electron chi connectivity index (χ3n) is 5.09. The third-order valence-corrected chi connectivity index (χ3v) is 5.98. The van der Waals surface area contributed by atoms with Crippen LogP contribution in [0.3, 0.4) is 0 Å². The van der Waals surface area contributed by atoms with E-state index in [0.717, 1.165) is 11.1 Å². The van der Waals surface area contributed by atoms with Crippen LogP contribution in [0.5, 0.6) is 5.75 Å². The maximum atomic E-state index is 13.0. The molecule has 1 heterocycles. The van der Waals surface area contributed by atoms with Gasteiger partial charge in [-0.25, -0.2) is 4.79 Å². The molecule has 0 saturated carbocycles. The van der Waals surface area contributed by atoms with Gasteiger partial charge in [0.1, 0.15) is 16.8 Å². The van der Waals surface area contributed by atoms with Crippen molar-refractivity contribution in [1.29, 1.82) is 0 Å². The summed E-state index contributed by atoms with van der Waals surface area (Å²) in [5, 5.41) is 17.6. The molecule has 2 aromatic carbocycles. The number of hydrogen-bond donors (Lipinski definition) is 3. The van der Waals surface area contributed by atoms with Crippen molar-refractivity contribution in [3.63, 3.8) is 0 Å². The number of aromatic nitrogens is 2. The number of aryl methyl sites for hydroxylation is 1. The number of amides is 3. The number of para-hydroxylation sites is 2. The number of hydrogen-bond acceptors (Lipinski definition) is 6. The molecule has 2 unspecified atom stereocenters. The minimum atomic E-state index is -0.749. The Balaban J connectivity index is 1.68. The zero-order chi connectivity index (χ0) is 23.1. The molecular weight excluding hydrogens is 426 g/mol. The Labute approximate surface area is 191 Å². The van der Waals surface area contributed by atoms with E-state index in [9.17, 15) is 9.59 Å². The number of carbonyl (C=O) groups is 2. The summed E-state index contributed by atoms with van der Waals surface area (Å²) in [6, 6.07) is 13.8. The number of urea groups is 1. The summed E-state index contributed by atoms with van der Waals surface area (Å²) in [6.45, 7) is 5.89. The molecule has 32 heavy (non-hydrogen) atoms. The lowest BCUT2D eigenvalue weighted by Gasteiger charge is -2.23. The summed E-state index contributed by atoms with van der Waals surface area (Å²) in [6.07, 6.45) is 0.706. The maximum absolute atomic E-state index is 13.0. The summed E-state index contributed by atoms with van der Waals surface area (Å²) in [4.78, 5) is 25.6. The highest BCUT2D eigenvalue weighted by Crippen LogP contribution is 2.27. The topological polar surface area (TPSA) is 105 Å². The lowest BCUT2D eigenvalue weighted by Crippen LogP contribution is -2.49. The molecule has 0 spiro atoms. The summed E-state index contributed by atoms with van der Waals surface area (Å²) >= 11 is 1.28. The van der Waals surface area contributed by atoms with Gasteiger partial charge in [0.2, 0.25) is 11.0 Å². The van der Waals surface area contributed by atoms with E-state index in [1.807, 2.05) is 51.1 Å². The molecule has 1 aromatic heterocycles. The molecule has 0 aliphatic carbocycles. The first-order valence-electron chi connectivity index (χ1n) is 10.3. The van der Waals surface area contributed by atoms with Gasteiger partial charge >= 0.3 is 6.03 Å². The maximum Gasteiger partial charge on any atom is 0.320 e. The van der Waals surface area contributed by atoms with Gasteiger partial charge < -0.3 is 15.4 Å². The Kier molecular flexibility index (Phi) is 7.77. The fourth-order valence-electron chi connectivity index (χ4n) is 3.02. The van der Waals surface area contributed by atoms with Gasteiger partial charge in [0.15, 0.2) is 0 Å². The van der Waals surface area contributed by atoms with Crippen LogP contribution in [0.2, 0.25) is 0 Å². The van der Waals surface area contributed by atoms with E-state index in [-0.39, 0.29) is 11.8 Å². The molecule has 3 amide bonds. The van der Waals surface area contributed by atoms with Crippen LogP contribution in [-0.4, -0.2) is 35.3 Å². The monoisotopic (exact) mass is 453 g/mol. The van der Waals surface area contributed by atoms with Crippen molar-refractivity contribution in [1.82, 2.24) is 15.5 Å². The lowest BCUT2D eigenvalue weighted by atomic mass is 9.98. The van der Waals surface area contributed by atoms with Crippen LogP contribution in [0.1, 0.15) is 25.8 Å². The Bertz CT molecular complexity index is 1070. The molecule has 0 aliphatic heterocycles. The van der Waals surface area contributed by atoms with Gasteiger partial charge in [-0.1, -0.05) is 73.6 Å². The van der Waals surface area contributed by atoms with E-state index in [2.05, 4.69) is 26.1 Å². The highest BCUT2D eigenvalue weighted by molar-refractivity contribution is 7.18. The first-order chi connectivity index (χ1) is 15.4. The van der Waals surface area contributed by atoms with Gasteiger partial charge in [0.05, 0.1) is 12.8 Å². The number of rotatable bonds is 8. The number of carbonyl (C=O) groups excluding carboxylic acids is 2. The van der Waals surface area contributed by atoms with E-state index in [0.29, 0.717) is 28.0 Å². The van der Waals surface area contributed by atoms with Crippen molar-refractivity contribution in [2.45, 2.75) is 33.2 Å². The van der Waals surface area contributed by atoms with Crippen molar-refractivity contribution in [3.05, 3.63) is 54.1 Å². The molecule has 8 nitrogen and oxygen atoms in total. The smallest absolute Gasteiger partial charge is 0.320 e. The Morgan fingerprint density at radius 2 is 1.78 bits per heavy atom. The summed E-state index contributed by atoms with van der Waals surface area (Å²) in [5.74, 6) is 0.0914. The van der Waals surface area contributed by atoms with Crippen molar-refractivity contribution in [2.75, 3.05) is 17.7 Å². The quantitative estimate of drug-likeness (QED) is 0.459. The number of anilines is 2. The van der Waals surface area contributed by atoms with Crippen LogP contribution >= 0.6 is 11.3 Å². The van der Waals surface area contributed by atoms with Crippen LogP contribution in [0, 0.1) is 12.8 Å². The van der Waals surface area contributed by atoms with E-state index < -0.39 is 12.1 Å². The van der Waals surface area contributed by atoms with Crippen LogP contribution in [-0.2, 0) is 4.79 Å².